The van der Waals surface area contributed by atoms with Crippen molar-refractivity contribution < 1.29 is 32.3 Å². The normalized spacial score (nSPS) is 14.4. The van der Waals surface area contributed by atoms with Crippen LogP contribution in [0.3, 0.4) is 0 Å². The molecule has 1 aliphatic heterocycles. The number of nitrogens with zero attached hydrogens (tertiary/aromatic N) is 1. The van der Waals surface area contributed by atoms with Gasteiger partial charge in [0.25, 0.3) is 0 Å². The lowest BCUT2D eigenvalue weighted by atomic mass is 9.91. The number of allylic oxidation sites excluding steroid dienone is 2. The zero-order valence-electron chi connectivity index (χ0n) is 29.7. The lowest BCUT2D eigenvalue weighted by Crippen LogP contribution is -2.45. The minimum atomic E-state index is -4.47. The molecule has 2 amide bonds. The van der Waals surface area contributed by atoms with Crippen LogP contribution in [0.5, 0.6) is 5.75 Å². The highest BCUT2D eigenvalue weighted by atomic mass is 19.4. The number of hydrogen-bond acceptors (Lipinski definition) is 4. The van der Waals surface area contributed by atoms with Crippen LogP contribution in [-0.4, -0.2) is 29.2 Å². The molecule has 0 saturated carbocycles. The van der Waals surface area contributed by atoms with Gasteiger partial charge in [-0.2, -0.15) is 13.2 Å². The fourth-order valence-electron chi connectivity index (χ4n) is 6.65. The monoisotopic (exact) mass is 704 g/mol. The molecule has 1 aliphatic rings. The first-order valence-electron chi connectivity index (χ1n) is 18.5. The van der Waals surface area contributed by atoms with E-state index >= 15 is 0 Å². The fourth-order valence-corrected chi connectivity index (χ4v) is 6.65. The van der Waals surface area contributed by atoms with Gasteiger partial charge in [0.15, 0.2) is 0 Å². The first-order valence-corrected chi connectivity index (χ1v) is 18.5. The molecule has 1 atom stereocenters. The number of primary amides is 1. The van der Waals surface area contributed by atoms with E-state index in [-0.39, 0.29) is 17.2 Å². The second-order valence-corrected chi connectivity index (χ2v) is 13.3. The molecule has 1 heterocycles. The van der Waals surface area contributed by atoms with E-state index in [1.54, 1.807) is 47.4 Å². The molecule has 0 fully saturated rings. The average Bonchev–Trinajstić information content (AvgIpc) is 3.12. The lowest BCUT2D eigenvalue weighted by Gasteiger charge is -2.35. The average molecular weight is 705 g/mol. The van der Waals surface area contributed by atoms with E-state index in [1.165, 1.54) is 63.5 Å². The van der Waals surface area contributed by atoms with Crippen molar-refractivity contribution in [3.63, 3.8) is 0 Å². The smallest absolute Gasteiger partial charge is 0.416 e. The molecule has 0 saturated heterocycles. The van der Waals surface area contributed by atoms with Crippen LogP contribution in [-0.2, 0) is 22.2 Å². The predicted molar refractivity (Wildman–Crippen MR) is 195 cm³/mol. The van der Waals surface area contributed by atoms with Gasteiger partial charge < -0.3 is 15.4 Å². The van der Waals surface area contributed by atoms with Crippen LogP contribution >= 0.6 is 0 Å². The third-order valence-corrected chi connectivity index (χ3v) is 9.47. The Hall–Kier alpha value is -4.40. The van der Waals surface area contributed by atoms with Gasteiger partial charge in [-0.15, -0.1) is 0 Å². The maximum absolute atomic E-state index is 13.3. The highest BCUT2D eigenvalue weighted by molar-refractivity contribution is 5.98. The number of halogens is 3. The Morgan fingerprint density at radius 2 is 1.45 bits per heavy atom. The fraction of sp³-hybridized carbons (Fsp3) is 0.452. The van der Waals surface area contributed by atoms with Crippen LogP contribution in [0.1, 0.15) is 130 Å². The van der Waals surface area contributed by atoms with Crippen molar-refractivity contribution >= 4 is 17.8 Å². The number of nitrogens with two attached hydrogens (primary N) is 1. The van der Waals surface area contributed by atoms with Crippen molar-refractivity contribution in [2.45, 2.75) is 115 Å². The van der Waals surface area contributed by atoms with E-state index in [0.717, 1.165) is 49.8 Å². The van der Waals surface area contributed by atoms with Crippen LogP contribution in [0.15, 0.2) is 78.9 Å². The Morgan fingerprint density at radius 3 is 2.10 bits per heavy atom. The summed E-state index contributed by atoms with van der Waals surface area (Å²) in [4.78, 5) is 40.7. The number of carbonyl (C=O) groups is 3. The summed E-state index contributed by atoms with van der Waals surface area (Å²) in [5.74, 6) is -1.14. The summed E-state index contributed by atoms with van der Waals surface area (Å²) < 4.78 is 44.9. The minimum Gasteiger partial charge on any atom is -0.423 e. The van der Waals surface area contributed by atoms with Crippen LogP contribution in [0.25, 0.3) is 11.1 Å². The van der Waals surface area contributed by atoms with Crippen molar-refractivity contribution in [1.29, 1.82) is 0 Å². The van der Waals surface area contributed by atoms with Gasteiger partial charge in [0.05, 0.1) is 11.1 Å². The number of alkyl halides is 3. The predicted octanol–water partition coefficient (Wildman–Crippen LogP) is 10.5. The molecule has 0 radical (unpaired) electrons. The second kappa shape index (κ2) is 19.8. The standard InChI is InChI=1S/C42H51F3N2O4/c1-2-3-4-5-6-7-8-9-10-11-12-13-14-15-16-21-38(48)47-29-28-32-30-34(26-27-36(32)39(47)40(46)49)51-41(50)37-20-18-17-19-35(37)31-22-24-33(25-23-31)42(43,44)45/h7-8,17-20,22-27,30,39H,2-6,9-16,21,28-29H2,1H3,(H2,46,49). The first kappa shape index (κ1) is 39.4. The largest absolute Gasteiger partial charge is 0.423 e. The summed E-state index contributed by atoms with van der Waals surface area (Å²) in [7, 11) is 0. The van der Waals surface area contributed by atoms with Gasteiger partial charge >= 0.3 is 12.1 Å². The molecule has 51 heavy (non-hydrogen) atoms. The van der Waals surface area contributed by atoms with E-state index in [1.807, 2.05) is 0 Å². The molecule has 4 rings (SSSR count). The highest BCUT2D eigenvalue weighted by Gasteiger charge is 2.35. The van der Waals surface area contributed by atoms with Gasteiger partial charge in [-0.05, 0) is 91.1 Å². The number of benzene rings is 3. The third kappa shape index (κ3) is 11.8. The van der Waals surface area contributed by atoms with Gasteiger partial charge in [-0.1, -0.05) is 107 Å². The quantitative estimate of drug-likeness (QED) is 0.0582. The molecular formula is C42H51F3N2O4. The molecule has 0 aromatic heterocycles. The van der Waals surface area contributed by atoms with Gasteiger partial charge in [-0.25, -0.2) is 4.79 Å². The number of carbonyl (C=O) groups excluding carboxylic acids is 3. The molecule has 6 nitrogen and oxygen atoms in total. The molecule has 3 aromatic carbocycles. The van der Waals surface area contributed by atoms with Gasteiger partial charge in [0.2, 0.25) is 11.8 Å². The number of ether oxygens (including phenoxy) is 1. The van der Waals surface area contributed by atoms with E-state index in [9.17, 15) is 27.6 Å². The molecule has 0 bridgehead atoms. The number of unbranched alkanes of at least 4 members (excludes halogenated alkanes) is 11. The first-order chi connectivity index (χ1) is 24.6. The topological polar surface area (TPSA) is 89.7 Å². The van der Waals surface area contributed by atoms with Crippen molar-refractivity contribution in [1.82, 2.24) is 4.90 Å². The van der Waals surface area contributed by atoms with Gasteiger partial charge in [-0.3, -0.25) is 9.59 Å². The Kier molecular flexibility index (Phi) is 15.3. The summed E-state index contributed by atoms with van der Waals surface area (Å²) in [6.07, 6.45) is 16.2. The van der Waals surface area contributed by atoms with Crippen molar-refractivity contribution in [2.75, 3.05) is 6.54 Å². The maximum Gasteiger partial charge on any atom is 0.416 e. The molecule has 0 aliphatic carbocycles. The number of hydrogen-bond donors (Lipinski definition) is 1. The van der Waals surface area contributed by atoms with Crippen LogP contribution in [0.4, 0.5) is 13.2 Å². The second-order valence-electron chi connectivity index (χ2n) is 13.3. The molecule has 274 valence electrons. The number of amides is 2. The van der Waals surface area contributed by atoms with Gasteiger partial charge in [0, 0.05) is 13.0 Å². The third-order valence-electron chi connectivity index (χ3n) is 9.47. The Balaban J connectivity index is 1.25. The zero-order valence-corrected chi connectivity index (χ0v) is 29.7. The van der Waals surface area contributed by atoms with Gasteiger partial charge in [0.1, 0.15) is 11.8 Å². The molecule has 0 spiro atoms. The highest BCUT2D eigenvalue weighted by Crippen LogP contribution is 2.35. The summed E-state index contributed by atoms with van der Waals surface area (Å²) in [5.41, 5.74) is 7.47. The van der Waals surface area contributed by atoms with E-state index in [4.69, 9.17) is 10.5 Å². The summed E-state index contributed by atoms with van der Waals surface area (Å²) in [6, 6.07) is 15.1. The van der Waals surface area contributed by atoms with Crippen molar-refractivity contribution in [3.8, 4) is 16.9 Å². The molecule has 3 aromatic rings. The Morgan fingerprint density at radius 1 is 0.824 bits per heavy atom. The van der Waals surface area contributed by atoms with Crippen LogP contribution < -0.4 is 10.5 Å². The van der Waals surface area contributed by atoms with E-state index in [2.05, 4.69) is 19.1 Å². The number of rotatable bonds is 19. The summed E-state index contributed by atoms with van der Waals surface area (Å²) in [5, 5.41) is 0. The Labute approximate surface area is 300 Å². The van der Waals surface area contributed by atoms with E-state index in [0.29, 0.717) is 36.1 Å². The molecule has 1 unspecified atom stereocenters. The summed E-state index contributed by atoms with van der Waals surface area (Å²) in [6.45, 7) is 2.55. The van der Waals surface area contributed by atoms with Crippen LogP contribution in [0.2, 0.25) is 0 Å². The van der Waals surface area contributed by atoms with Crippen molar-refractivity contribution in [2.24, 2.45) is 5.73 Å². The van der Waals surface area contributed by atoms with E-state index < -0.39 is 29.7 Å². The molecular weight excluding hydrogens is 653 g/mol. The molecule has 2 N–H and O–H groups in total. The summed E-state index contributed by atoms with van der Waals surface area (Å²) >= 11 is 0. The minimum absolute atomic E-state index is 0.0960. The Bertz CT molecular complexity index is 1620. The maximum atomic E-state index is 13.3. The SMILES string of the molecule is CCCCCCC=CCCCCCCCCCC(=O)N1CCc2cc(OC(=O)c3ccccc3-c3ccc(C(F)(F)F)cc3)ccc2C1C(N)=O. The van der Waals surface area contributed by atoms with Crippen LogP contribution in [0, 0.1) is 0 Å². The van der Waals surface area contributed by atoms with Crippen molar-refractivity contribution in [3.05, 3.63) is 101 Å². The zero-order chi connectivity index (χ0) is 36.6. The molecule has 9 heteroatoms. The number of fused-ring (bicyclic) bond motifs is 1. The number of esters is 1. The lowest BCUT2D eigenvalue weighted by molar-refractivity contribution is -0.140.